The van der Waals surface area contributed by atoms with Crippen molar-refractivity contribution in [3.63, 3.8) is 0 Å². The van der Waals surface area contributed by atoms with E-state index in [1.807, 2.05) is 6.92 Å². The molecule has 1 atom stereocenters. The molecule has 0 aromatic carbocycles. The number of fused-ring (bicyclic) bond motifs is 1. The highest BCUT2D eigenvalue weighted by Gasteiger charge is 2.39. The van der Waals surface area contributed by atoms with Gasteiger partial charge in [0, 0.05) is 36.4 Å². The third-order valence-corrected chi connectivity index (χ3v) is 5.97. The lowest BCUT2D eigenvalue weighted by Crippen LogP contribution is -2.67. The number of hydrogen-bond donors (Lipinski definition) is 4. The molecule has 0 spiro atoms. The number of aromatic nitrogens is 4. The number of carbonyl (C=O) groups is 1. The maximum absolute atomic E-state index is 14.6. The molecule has 6 N–H and O–H groups in total. The first kappa shape index (κ1) is 23.1. The molecule has 0 bridgehead atoms. The fourth-order valence-electron chi connectivity index (χ4n) is 4.04. The van der Waals surface area contributed by atoms with Crippen LogP contribution in [-0.4, -0.2) is 61.2 Å². The molecule has 1 aliphatic heterocycles. The summed E-state index contributed by atoms with van der Waals surface area (Å²) in [7, 11) is 0. The van der Waals surface area contributed by atoms with Gasteiger partial charge in [-0.05, 0) is 31.7 Å². The highest BCUT2D eigenvalue weighted by atomic mass is 35.5. The van der Waals surface area contributed by atoms with Gasteiger partial charge in [0.15, 0.2) is 17.5 Å². The van der Waals surface area contributed by atoms with Crippen molar-refractivity contribution >= 4 is 34.5 Å². The number of pyridine rings is 1. The van der Waals surface area contributed by atoms with Gasteiger partial charge in [0.05, 0.1) is 17.8 Å². The van der Waals surface area contributed by atoms with Crippen LogP contribution in [0.5, 0.6) is 0 Å². The molecule has 12 heteroatoms. The van der Waals surface area contributed by atoms with Crippen molar-refractivity contribution in [3.05, 3.63) is 35.5 Å². The van der Waals surface area contributed by atoms with E-state index in [-0.39, 0.29) is 18.4 Å². The van der Waals surface area contributed by atoms with Crippen molar-refractivity contribution in [1.82, 2.24) is 29.8 Å². The van der Waals surface area contributed by atoms with Crippen LogP contribution in [0.1, 0.15) is 32.6 Å². The Bertz CT molecular complexity index is 1160. The Labute approximate surface area is 195 Å². The van der Waals surface area contributed by atoms with E-state index in [0.29, 0.717) is 41.6 Å². The van der Waals surface area contributed by atoms with E-state index in [1.165, 1.54) is 11.2 Å². The maximum atomic E-state index is 14.6. The molecule has 176 valence electrons. The van der Waals surface area contributed by atoms with Gasteiger partial charge < -0.3 is 20.9 Å². The quantitative estimate of drug-likeness (QED) is 0.244. The molecule has 0 saturated carbocycles. The fourth-order valence-corrected chi connectivity index (χ4v) is 4.20. The normalized spacial score (nSPS) is 18.5. The minimum Gasteiger partial charge on any atom is -0.364 e. The Morgan fingerprint density at radius 1 is 1.39 bits per heavy atom. The average Bonchev–Trinajstić information content (AvgIpc) is 3.21. The van der Waals surface area contributed by atoms with Crippen molar-refractivity contribution in [2.45, 2.75) is 38.3 Å². The first-order valence-corrected chi connectivity index (χ1v) is 11.2. The van der Waals surface area contributed by atoms with Gasteiger partial charge in [-0.15, -0.1) is 0 Å². The molecule has 10 nitrogen and oxygen atoms in total. The van der Waals surface area contributed by atoms with Crippen molar-refractivity contribution in [2.24, 2.45) is 11.6 Å². The molecule has 4 heterocycles. The predicted octanol–water partition coefficient (Wildman–Crippen LogP) is 3.07. The predicted molar refractivity (Wildman–Crippen MR) is 125 cm³/mol. The number of rotatable bonds is 6. The van der Waals surface area contributed by atoms with Crippen LogP contribution < -0.4 is 16.9 Å². The smallest absolute Gasteiger partial charge is 0.335 e. The van der Waals surface area contributed by atoms with Crippen LogP contribution >= 0.6 is 11.6 Å². The maximum Gasteiger partial charge on any atom is 0.335 e. The SMILES string of the molecule is CCCN(N)C(=O)N1CCCC[C@]1(N)CNc1nc(-c2c[nH]c3ncc(Cl)cc23)ncc1F. The molecule has 2 amide bonds. The number of hydrazine groups is 1. The summed E-state index contributed by atoms with van der Waals surface area (Å²) >= 11 is 6.08. The van der Waals surface area contributed by atoms with Crippen LogP contribution in [0.25, 0.3) is 22.4 Å². The van der Waals surface area contributed by atoms with Gasteiger partial charge >= 0.3 is 6.03 Å². The van der Waals surface area contributed by atoms with Crippen molar-refractivity contribution < 1.29 is 9.18 Å². The zero-order valence-corrected chi connectivity index (χ0v) is 19.1. The van der Waals surface area contributed by atoms with E-state index in [9.17, 15) is 9.18 Å². The third-order valence-electron chi connectivity index (χ3n) is 5.76. The molecule has 33 heavy (non-hydrogen) atoms. The summed E-state index contributed by atoms with van der Waals surface area (Å²) in [6.07, 6.45) is 7.28. The molecule has 1 fully saturated rings. The van der Waals surface area contributed by atoms with Crippen LogP contribution in [0.3, 0.4) is 0 Å². The zero-order valence-electron chi connectivity index (χ0n) is 18.3. The van der Waals surface area contributed by atoms with E-state index >= 15 is 0 Å². The van der Waals surface area contributed by atoms with E-state index < -0.39 is 11.5 Å². The van der Waals surface area contributed by atoms with Gasteiger partial charge in [-0.1, -0.05) is 18.5 Å². The summed E-state index contributed by atoms with van der Waals surface area (Å²) in [6, 6.07) is 1.40. The van der Waals surface area contributed by atoms with E-state index in [4.69, 9.17) is 23.2 Å². The third kappa shape index (κ3) is 4.70. The minimum absolute atomic E-state index is 0.00898. The zero-order chi connectivity index (χ0) is 23.6. The molecular formula is C21H27ClFN9O. The molecule has 3 aromatic heterocycles. The number of halogens is 2. The standard InChI is InChI=1S/C21H27ClFN9O/c1-2-6-32(25)20(33)31-7-4-3-5-21(31,24)12-29-19-16(23)11-28-18(30-19)15-10-27-17-14(15)8-13(22)9-26-17/h8-11H,2-7,12,24-25H2,1H3,(H,26,27)(H,28,29,30)/t21-/m1/s1. The van der Waals surface area contributed by atoms with Crippen LogP contribution in [0.2, 0.25) is 5.02 Å². The fraction of sp³-hybridized carbons (Fsp3) is 0.429. The summed E-state index contributed by atoms with van der Waals surface area (Å²) in [5, 5.41) is 5.34. The number of nitrogens with two attached hydrogens (primary N) is 2. The van der Waals surface area contributed by atoms with Crippen molar-refractivity contribution in [3.8, 4) is 11.4 Å². The van der Waals surface area contributed by atoms with Gasteiger partial charge in [0.2, 0.25) is 0 Å². The lowest BCUT2D eigenvalue weighted by Gasteiger charge is -2.45. The van der Waals surface area contributed by atoms with Crippen LogP contribution in [0, 0.1) is 5.82 Å². The summed E-state index contributed by atoms with van der Waals surface area (Å²) < 4.78 is 14.6. The molecule has 0 unspecified atom stereocenters. The van der Waals surface area contributed by atoms with E-state index in [2.05, 4.69) is 25.3 Å². The summed E-state index contributed by atoms with van der Waals surface area (Å²) in [4.78, 5) is 30.1. The summed E-state index contributed by atoms with van der Waals surface area (Å²) in [6.45, 7) is 2.95. The number of hydrogen-bond acceptors (Lipinski definition) is 7. The van der Waals surface area contributed by atoms with Gasteiger partial charge in [-0.25, -0.2) is 30.0 Å². The second-order valence-electron chi connectivity index (χ2n) is 8.18. The van der Waals surface area contributed by atoms with Crippen LogP contribution in [0.4, 0.5) is 15.0 Å². The Morgan fingerprint density at radius 3 is 3.00 bits per heavy atom. The number of H-pyrrole nitrogens is 1. The number of anilines is 1. The second kappa shape index (κ2) is 9.46. The number of nitrogens with one attached hydrogen (secondary N) is 2. The Kier molecular flexibility index (Phi) is 6.63. The molecule has 1 aliphatic rings. The number of piperidine rings is 1. The molecular weight excluding hydrogens is 449 g/mol. The summed E-state index contributed by atoms with van der Waals surface area (Å²) in [5.41, 5.74) is 6.85. The van der Waals surface area contributed by atoms with Crippen LogP contribution in [-0.2, 0) is 0 Å². The minimum atomic E-state index is -1.03. The summed E-state index contributed by atoms with van der Waals surface area (Å²) in [5.74, 6) is 5.57. The molecule has 4 rings (SSSR count). The van der Waals surface area contributed by atoms with Gasteiger partial charge in [0.25, 0.3) is 0 Å². The molecule has 0 radical (unpaired) electrons. The monoisotopic (exact) mass is 475 g/mol. The van der Waals surface area contributed by atoms with Gasteiger partial charge in [-0.2, -0.15) is 0 Å². The average molecular weight is 476 g/mol. The first-order valence-electron chi connectivity index (χ1n) is 10.8. The first-order chi connectivity index (χ1) is 15.8. The van der Waals surface area contributed by atoms with Crippen molar-refractivity contribution in [1.29, 1.82) is 0 Å². The Balaban J connectivity index is 1.57. The number of carbonyl (C=O) groups excluding carboxylic acids is 1. The number of aromatic amines is 1. The van der Waals surface area contributed by atoms with Crippen molar-refractivity contribution in [2.75, 3.05) is 25.0 Å². The topological polar surface area (TPSA) is 142 Å². The largest absolute Gasteiger partial charge is 0.364 e. The van der Waals surface area contributed by atoms with E-state index in [0.717, 1.165) is 30.8 Å². The Morgan fingerprint density at radius 2 is 2.21 bits per heavy atom. The highest BCUT2D eigenvalue weighted by Crippen LogP contribution is 2.29. The molecule has 3 aromatic rings. The Hall–Kier alpha value is -3.02. The van der Waals surface area contributed by atoms with Gasteiger partial charge in [0.1, 0.15) is 11.3 Å². The molecule has 0 aliphatic carbocycles. The lowest BCUT2D eigenvalue weighted by atomic mass is 9.96. The number of urea groups is 1. The molecule has 1 saturated heterocycles. The van der Waals surface area contributed by atoms with E-state index in [1.54, 1.807) is 17.2 Å². The highest BCUT2D eigenvalue weighted by molar-refractivity contribution is 6.31. The number of amides is 2. The number of nitrogens with zero attached hydrogens (tertiary/aromatic N) is 5. The second-order valence-corrected chi connectivity index (χ2v) is 8.62. The van der Waals surface area contributed by atoms with Crippen LogP contribution in [0.15, 0.2) is 24.7 Å². The lowest BCUT2D eigenvalue weighted by molar-refractivity contribution is 0.0653. The number of likely N-dealkylation sites (tertiary alicyclic amines) is 1. The van der Waals surface area contributed by atoms with Gasteiger partial charge in [-0.3, -0.25) is 5.01 Å².